The number of hydrogen-bond acceptors (Lipinski definition) is 2. The number of hydrogen-bond donors (Lipinski definition) is 2. The van der Waals surface area contributed by atoms with Crippen molar-refractivity contribution in [2.75, 3.05) is 13.1 Å². The topological polar surface area (TPSA) is 24.1 Å². The molecular weight excluding hydrogens is 232 g/mol. The fraction of sp³-hybridized carbons (Fsp3) is 0.571. The van der Waals surface area contributed by atoms with Gasteiger partial charge < -0.3 is 10.6 Å². The normalized spacial score (nSPS) is 22.4. The molecule has 1 fully saturated rings. The summed E-state index contributed by atoms with van der Waals surface area (Å²) in [6.45, 7) is 4.41. The third-order valence-electron chi connectivity index (χ3n) is 3.45. The first kappa shape index (κ1) is 12.9. The molecule has 2 rings (SSSR count). The third kappa shape index (κ3) is 3.98. The maximum Gasteiger partial charge on any atom is 0.0406 e. The molecule has 1 saturated heterocycles. The maximum absolute atomic E-state index is 5.88. The minimum Gasteiger partial charge on any atom is -0.313 e. The van der Waals surface area contributed by atoms with E-state index in [9.17, 15) is 0 Å². The second-order valence-corrected chi connectivity index (χ2v) is 5.26. The molecule has 0 saturated carbocycles. The lowest BCUT2D eigenvalue weighted by Crippen LogP contribution is -2.42. The van der Waals surface area contributed by atoms with Gasteiger partial charge in [0.2, 0.25) is 0 Å². The monoisotopic (exact) mass is 252 g/mol. The molecule has 0 bridgehead atoms. The summed E-state index contributed by atoms with van der Waals surface area (Å²) in [4.78, 5) is 0. The van der Waals surface area contributed by atoms with Crippen LogP contribution in [0.1, 0.15) is 37.8 Å². The quantitative estimate of drug-likeness (QED) is 0.860. The highest BCUT2D eigenvalue weighted by atomic mass is 35.5. The van der Waals surface area contributed by atoms with Crippen molar-refractivity contribution in [2.24, 2.45) is 0 Å². The molecule has 1 heterocycles. The van der Waals surface area contributed by atoms with Crippen LogP contribution in [0.3, 0.4) is 0 Å². The largest absolute Gasteiger partial charge is 0.313 e. The Hall–Kier alpha value is -0.570. The Kier molecular flexibility index (Phi) is 4.84. The number of nitrogens with one attached hydrogen (secondary N) is 2. The van der Waals surface area contributed by atoms with Gasteiger partial charge in [-0.25, -0.2) is 0 Å². The molecule has 1 aliphatic heterocycles. The first-order valence-corrected chi connectivity index (χ1v) is 6.86. The standard InChI is InChI=1S/C14H21ClN2/c1-11(12-5-7-13(15)8-6-12)17-10-14-4-2-3-9-16-14/h5-8,11,14,16-17H,2-4,9-10H2,1H3/t11-,14?/m0/s1. The summed E-state index contributed by atoms with van der Waals surface area (Å²) >= 11 is 5.88. The highest BCUT2D eigenvalue weighted by Gasteiger charge is 2.13. The summed E-state index contributed by atoms with van der Waals surface area (Å²) in [5.41, 5.74) is 1.30. The first-order chi connectivity index (χ1) is 8.25. The zero-order valence-electron chi connectivity index (χ0n) is 10.4. The van der Waals surface area contributed by atoms with Crippen LogP contribution in [0, 0.1) is 0 Å². The molecule has 1 aromatic carbocycles. The average molecular weight is 253 g/mol. The molecule has 1 aromatic rings. The van der Waals surface area contributed by atoms with E-state index in [2.05, 4.69) is 29.7 Å². The van der Waals surface area contributed by atoms with Gasteiger partial charge in [0.05, 0.1) is 0 Å². The maximum atomic E-state index is 5.88. The summed E-state index contributed by atoms with van der Waals surface area (Å²) < 4.78 is 0. The van der Waals surface area contributed by atoms with Gasteiger partial charge in [0.1, 0.15) is 0 Å². The summed E-state index contributed by atoms with van der Waals surface area (Å²) in [6, 6.07) is 9.11. The van der Waals surface area contributed by atoms with E-state index in [4.69, 9.17) is 11.6 Å². The van der Waals surface area contributed by atoms with Crippen molar-refractivity contribution in [3.05, 3.63) is 34.9 Å². The molecule has 2 nitrogen and oxygen atoms in total. The van der Waals surface area contributed by atoms with Gasteiger partial charge in [-0.2, -0.15) is 0 Å². The zero-order chi connectivity index (χ0) is 12.1. The molecule has 3 heteroatoms. The second kappa shape index (κ2) is 6.39. The molecule has 17 heavy (non-hydrogen) atoms. The lowest BCUT2D eigenvalue weighted by Gasteiger charge is -2.25. The molecule has 1 aliphatic rings. The molecule has 94 valence electrons. The Bertz CT molecular complexity index is 331. The van der Waals surface area contributed by atoms with Gasteiger partial charge >= 0.3 is 0 Å². The Balaban J connectivity index is 1.80. The third-order valence-corrected chi connectivity index (χ3v) is 3.70. The van der Waals surface area contributed by atoms with Gasteiger partial charge in [-0.1, -0.05) is 30.2 Å². The average Bonchev–Trinajstić information content (AvgIpc) is 2.38. The van der Waals surface area contributed by atoms with Crippen molar-refractivity contribution in [3.63, 3.8) is 0 Å². The fourth-order valence-electron chi connectivity index (χ4n) is 2.29. The first-order valence-electron chi connectivity index (χ1n) is 6.48. The van der Waals surface area contributed by atoms with E-state index in [0.29, 0.717) is 12.1 Å². The lowest BCUT2D eigenvalue weighted by atomic mass is 10.0. The van der Waals surface area contributed by atoms with Crippen LogP contribution in [0.5, 0.6) is 0 Å². The molecule has 0 aromatic heterocycles. The Labute approximate surface area is 109 Å². The van der Waals surface area contributed by atoms with E-state index in [-0.39, 0.29) is 0 Å². The van der Waals surface area contributed by atoms with Crippen molar-refractivity contribution in [3.8, 4) is 0 Å². The van der Waals surface area contributed by atoms with Crippen LogP contribution in [0.15, 0.2) is 24.3 Å². The molecular formula is C14H21ClN2. The molecule has 0 amide bonds. The molecule has 0 spiro atoms. The summed E-state index contributed by atoms with van der Waals surface area (Å²) in [6.07, 6.45) is 3.97. The predicted molar refractivity (Wildman–Crippen MR) is 73.5 cm³/mol. The van der Waals surface area contributed by atoms with Gasteiger partial charge in [-0.15, -0.1) is 0 Å². The summed E-state index contributed by atoms with van der Waals surface area (Å²) in [5, 5.41) is 7.93. The van der Waals surface area contributed by atoms with Gasteiger partial charge in [-0.3, -0.25) is 0 Å². The Morgan fingerprint density at radius 3 is 2.76 bits per heavy atom. The summed E-state index contributed by atoms with van der Waals surface area (Å²) in [7, 11) is 0. The predicted octanol–water partition coefficient (Wildman–Crippen LogP) is 3.13. The van der Waals surface area contributed by atoms with Crippen LogP contribution in [-0.4, -0.2) is 19.1 Å². The van der Waals surface area contributed by atoms with Crippen molar-refractivity contribution >= 4 is 11.6 Å². The summed E-state index contributed by atoms with van der Waals surface area (Å²) in [5.74, 6) is 0. The minimum absolute atomic E-state index is 0.385. The van der Waals surface area contributed by atoms with E-state index in [1.165, 1.54) is 31.4 Å². The van der Waals surface area contributed by atoms with E-state index in [1.54, 1.807) is 0 Å². The van der Waals surface area contributed by atoms with Crippen LogP contribution in [0.25, 0.3) is 0 Å². The van der Waals surface area contributed by atoms with E-state index in [0.717, 1.165) is 11.6 Å². The number of halogens is 1. The highest BCUT2D eigenvalue weighted by Crippen LogP contribution is 2.16. The number of rotatable bonds is 4. The second-order valence-electron chi connectivity index (χ2n) is 4.83. The van der Waals surface area contributed by atoms with Gasteiger partial charge in [0.25, 0.3) is 0 Å². The van der Waals surface area contributed by atoms with E-state index < -0.39 is 0 Å². The van der Waals surface area contributed by atoms with Crippen LogP contribution in [0.4, 0.5) is 0 Å². The van der Waals surface area contributed by atoms with E-state index >= 15 is 0 Å². The molecule has 0 radical (unpaired) electrons. The van der Waals surface area contributed by atoms with Gasteiger partial charge in [0.15, 0.2) is 0 Å². The molecule has 2 atom stereocenters. The molecule has 2 N–H and O–H groups in total. The molecule has 1 unspecified atom stereocenters. The van der Waals surface area contributed by atoms with Crippen molar-refractivity contribution in [1.29, 1.82) is 0 Å². The number of benzene rings is 1. The minimum atomic E-state index is 0.385. The van der Waals surface area contributed by atoms with Crippen LogP contribution in [-0.2, 0) is 0 Å². The van der Waals surface area contributed by atoms with Crippen molar-refractivity contribution in [2.45, 2.75) is 38.3 Å². The van der Waals surface area contributed by atoms with Crippen LogP contribution < -0.4 is 10.6 Å². The Morgan fingerprint density at radius 2 is 2.12 bits per heavy atom. The van der Waals surface area contributed by atoms with Gasteiger partial charge in [0, 0.05) is 23.7 Å². The SMILES string of the molecule is C[C@H](NCC1CCCCN1)c1ccc(Cl)cc1. The van der Waals surface area contributed by atoms with Crippen molar-refractivity contribution in [1.82, 2.24) is 10.6 Å². The smallest absolute Gasteiger partial charge is 0.0406 e. The van der Waals surface area contributed by atoms with Crippen LogP contribution in [0.2, 0.25) is 5.02 Å². The van der Waals surface area contributed by atoms with Crippen LogP contribution >= 0.6 is 11.6 Å². The fourth-order valence-corrected chi connectivity index (χ4v) is 2.41. The zero-order valence-corrected chi connectivity index (χ0v) is 11.1. The van der Waals surface area contributed by atoms with Gasteiger partial charge in [-0.05, 0) is 44.0 Å². The highest BCUT2D eigenvalue weighted by molar-refractivity contribution is 6.30. The lowest BCUT2D eigenvalue weighted by molar-refractivity contribution is 0.371. The number of piperidine rings is 1. The van der Waals surface area contributed by atoms with Crippen molar-refractivity contribution < 1.29 is 0 Å². The van der Waals surface area contributed by atoms with E-state index in [1.807, 2.05) is 12.1 Å². The Morgan fingerprint density at radius 1 is 1.35 bits per heavy atom. The molecule has 0 aliphatic carbocycles.